The van der Waals surface area contributed by atoms with Gasteiger partial charge in [0.1, 0.15) is 29.3 Å². The number of hydrogen-bond acceptors (Lipinski definition) is 4. The minimum Gasteiger partial charge on any atom is -0.487 e. The summed E-state index contributed by atoms with van der Waals surface area (Å²) in [6, 6.07) is 10.00. The first-order chi connectivity index (χ1) is 15.1. The van der Waals surface area contributed by atoms with E-state index >= 15 is 0 Å². The third-order valence-corrected chi connectivity index (χ3v) is 5.34. The number of nitrogens with one attached hydrogen (secondary N) is 1. The summed E-state index contributed by atoms with van der Waals surface area (Å²) in [5.41, 5.74) is 1.34. The monoisotopic (exact) mass is 423 g/mol. The minimum atomic E-state index is -0.676. The van der Waals surface area contributed by atoms with Gasteiger partial charge >= 0.3 is 6.03 Å². The molecule has 1 unspecified atom stereocenters. The molecule has 3 aromatic rings. The van der Waals surface area contributed by atoms with Crippen molar-refractivity contribution in [3.63, 3.8) is 0 Å². The van der Waals surface area contributed by atoms with Gasteiger partial charge < -0.3 is 14.6 Å². The molecule has 0 aliphatic carbocycles. The molecule has 3 heterocycles. The van der Waals surface area contributed by atoms with Crippen LogP contribution in [0.1, 0.15) is 18.0 Å². The van der Waals surface area contributed by atoms with Gasteiger partial charge in [0, 0.05) is 36.7 Å². The van der Waals surface area contributed by atoms with Crippen LogP contribution in [0.2, 0.25) is 0 Å². The lowest BCUT2D eigenvalue weighted by Crippen LogP contribution is -2.58. The first-order valence-electron chi connectivity index (χ1n) is 9.90. The Kier molecular flexibility index (Phi) is 4.85. The number of hydrazone groups is 1. The fraction of sp³-hybridized carbons (Fsp3) is 0.227. The number of halogens is 2. The Morgan fingerprint density at radius 3 is 2.52 bits per heavy atom. The van der Waals surface area contributed by atoms with Crippen molar-refractivity contribution in [2.45, 2.75) is 18.6 Å². The fourth-order valence-corrected chi connectivity index (χ4v) is 3.76. The summed E-state index contributed by atoms with van der Waals surface area (Å²) < 4.78 is 33.1. The molecular formula is C22H19F2N5O2. The molecule has 0 radical (unpaired) electrons. The van der Waals surface area contributed by atoms with Crippen LogP contribution >= 0.6 is 0 Å². The maximum atomic E-state index is 13.6. The zero-order valence-electron chi connectivity index (χ0n) is 16.4. The van der Waals surface area contributed by atoms with E-state index in [2.05, 4.69) is 15.1 Å². The lowest BCUT2D eigenvalue weighted by atomic mass is 10.0. The second kappa shape index (κ2) is 7.82. The second-order valence-corrected chi connectivity index (χ2v) is 7.49. The number of aromatic nitrogens is 2. The summed E-state index contributed by atoms with van der Waals surface area (Å²) in [5.74, 6) is 0.139. The largest absolute Gasteiger partial charge is 0.487 e. The van der Waals surface area contributed by atoms with Gasteiger partial charge in [0.15, 0.2) is 0 Å². The van der Waals surface area contributed by atoms with Crippen LogP contribution in [0.5, 0.6) is 5.75 Å². The van der Waals surface area contributed by atoms with Crippen molar-refractivity contribution in [3.05, 3.63) is 72.1 Å². The predicted molar refractivity (Wildman–Crippen MR) is 109 cm³/mol. The van der Waals surface area contributed by atoms with Crippen LogP contribution in [-0.4, -0.2) is 51.3 Å². The van der Waals surface area contributed by atoms with E-state index in [-0.39, 0.29) is 12.1 Å². The number of carbonyl (C=O) groups is 1. The van der Waals surface area contributed by atoms with Crippen LogP contribution in [-0.2, 0) is 0 Å². The van der Waals surface area contributed by atoms with Crippen LogP contribution in [0.3, 0.4) is 0 Å². The van der Waals surface area contributed by atoms with Crippen LogP contribution < -0.4 is 4.74 Å². The topological polar surface area (TPSA) is 73.8 Å². The summed E-state index contributed by atoms with van der Waals surface area (Å²) >= 11 is 0. The van der Waals surface area contributed by atoms with Gasteiger partial charge in [0.2, 0.25) is 0 Å². The maximum Gasteiger partial charge on any atom is 0.341 e. The third-order valence-electron chi connectivity index (χ3n) is 5.34. The number of imidazole rings is 1. The molecule has 0 spiro atoms. The highest BCUT2D eigenvalue weighted by molar-refractivity contribution is 5.79. The summed E-state index contributed by atoms with van der Waals surface area (Å²) in [5, 5.41) is 5.40. The van der Waals surface area contributed by atoms with E-state index in [0.717, 1.165) is 17.5 Å². The Balaban J connectivity index is 1.18. The molecule has 9 heteroatoms. The molecule has 5 rings (SSSR count). The average molecular weight is 423 g/mol. The molecule has 1 fully saturated rings. The van der Waals surface area contributed by atoms with E-state index in [1.165, 1.54) is 17.1 Å². The summed E-state index contributed by atoms with van der Waals surface area (Å²) in [7, 11) is 0. The Hall–Kier alpha value is -3.75. The number of urea groups is 1. The average Bonchev–Trinajstić information content (AvgIpc) is 3.41. The van der Waals surface area contributed by atoms with Crippen LogP contribution in [0, 0.1) is 11.6 Å². The normalized spacial score (nSPS) is 18.3. The van der Waals surface area contributed by atoms with Gasteiger partial charge in [-0.3, -0.25) is 0 Å². The molecule has 2 aromatic carbocycles. The molecule has 7 nitrogen and oxygen atoms in total. The molecule has 2 aliphatic rings. The lowest BCUT2D eigenvalue weighted by molar-refractivity contribution is 0.0277. The molecule has 1 N–H and O–H groups in total. The second-order valence-electron chi connectivity index (χ2n) is 7.49. The SMILES string of the molecule is O=C(N1CC(Oc2ccc(-c3ncc[nH]3)cc2)C1)N1N=CCC1c1cc(F)cc(F)c1. The Labute approximate surface area is 177 Å². The Morgan fingerprint density at radius 2 is 1.84 bits per heavy atom. The standard InChI is InChI=1S/C22H19F2N5O2/c23-16-9-15(10-17(24)11-16)20-5-6-27-29(20)22(30)28-12-19(13-28)31-18-3-1-14(2-4-18)21-25-7-8-26-21/h1-4,6-11,19-20H,5,12-13H2,(H,25,26). The number of amides is 2. The zero-order chi connectivity index (χ0) is 21.4. The lowest BCUT2D eigenvalue weighted by Gasteiger charge is -2.41. The van der Waals surface area contributed by atoms with Gasteiger partial charge in [-0.1, -0.05) is 0 Å². The molecule has 0 saturated carbocycles. The Bertz CT molecular complexity index is 1090. The minimum absolute atomic E-state index is 0.130. The Morgan fingerprint density at radius 1 is 1.10 bits per heavy atom. The van der Waals surface area contributed by atoms with Gasteiger partial charge in [-0.15, -0.1) is 0 Å². The van der Waals surface area contributed by atoms with Crippen molar-refractivity contribution in [2.75, 3.05) is 13.1 Å². The first-order valence-corrected chi connectivity index (χ1v) is 9.90. The number of carbonyl (C=O) groups excluding carboxylic acids is 1. The van der Waals surface area contributed by atoms with E-state index in [9.17, 15) is 13.6 Å². The number of aromatic amines is 1. The maximum absolute atomic E-state index is 13.6. The molecule has 2 aliphatic heterocycles. The molecule has 1 aromatic heterocycles. The number of nitrogens with zero attached hydrogens (tertiary/aromatic N) is 4. The van der Waals surface area contributed by atoms with E-state index < -0.39 is 17.7 Å². The molecule has 158 valence electrons. The number of likely N-dealkylation sites (tertiary alicyclic amines) is 1. The van der Waals surface area contributed by atoms with Gasteiger partial charge in [-0.25, -0.2) is 23.6 Å². The highest BCUT2D eigenvalue weighted by Crippen LogP contribution is 2.31. The summed E-state index contributed by atoms with van der Waals surface area (Å²) in [6.07, 6.45) is 5.32. The van der Waals surface area contributed by atoms with Gasteiger partial charge in [0.05, 0.1) is 19.1 Å². The smallest absolute Gasteiger partial charge is 0.341 e. The van der Waals surface area contributed by atoms with Gasteiger partial charge in [0.25, 0.3) is 0 Å². The zero-order valence-corrected chi connectivity index (χ0v) is 16.4. The highest BCUT2D eigenvalue weighted by Gasteiger charge is 2.39. The molecular weight excluding hydrogens is 404 g/mol. The molecule has 1 saturated heterocycles. The molecule has 31 heavy (non-hydrogen) atoms. The van der Waals surface area contributed by atoms with E-state index in [4.69, 9.17) is 4.74 Å². The predicted octanol–water partition coefficient (Wildman–Crippen LogP) is 3.97. The summed E-state index contributed by atoms with van der Waals surface area (Å²) in [6.45, 7) is 0.823. The van der Waals surface area contributed by atoms with Crippen molar-refractivity contribution < 1.29 is 18.3 Å². The van der Waals surface area contributed by atoms with Crippen molar-refractivity contribution in [3.8, 4) is 17.1 Å². The molecule has 0 bridgehead atoms. The van der Waals surface area contributed by atoms with Crippen LogP contribution in [0.25, 0.3) is 11.4 Å². The van der Waals surface area contributed by atoms with Crippen molar-refractivity contribution >= 4 is 12.2 Å². The van der Waals surface area contributed by atoms with Crippen molar-refractivity contribution in [2.24, 2.45) is 5.10 Å². The van der Waals surface area contributed by atoms with E-state index in [1.54, 1.807) is 23.5 Å². The van der Waals surface area contributed by atoms with Crippen molar-refractivity contribution in [1.82, 2.24) is 19.9 Å². The van der Waals surface area contributed by atoms with E-state index in [0.29, 0.717) is 30.8 Å². The van der Waals surface area contributed by atoms with E-state index in [1.807, 2.05) is 24.3 Å². The van der Waals surface area contributed by atoms with Gasteiger partial charge in [-0.05, 0) is 42.0 Å². The highest BCUT2D eigenvalue weighted by atomic mass is 19.1. The quantitative estimate of drug-likeness (QED) is 0.690. The summed E-state index contributed by atoms with van der Waals surface area (Å²) in [4.78, 5) is 21.7. The van der Waals surface area contributed by atoms with Crippen LogP contribution in [0.15, 0.2) is 60.0 Å². The van der Waals surface area contributed by atoms with Gasteiger partial charge in [-0.2, -0.15) is 5.10 Å². The number of benzene rings is 2. The number of ether oxygens (including phenoxy) is 1. The molecule has 1 atom stereocenters. The number of rotatable bonds is 4. The fourth-order valence-electron chi connectivity index (χ4n) is 3.76. The van der Waals surface area contributed by atoms with Crippen LogP contribution in [0.4, 0.5) is 13.6 Å². The van der Waals surface area contributed by atoms with Crippen molar-refractivity contribution in [1.29, 1.82) is 0 Å². The number of H-pyrrole nitrogens is 1. The number of hydrogen-bond donors (Lipinski definition) is 1. The first kappa shape index (κ1) is 19.2. The third kappa shape index (κ3) is 3.86. The molecule has 2 amide bonds.